The Morgan fingerprint density at radius 2 is 1.89 bits per heavy atom. The van der Waals surface area contributed by atoms with E-state index in [2.05, 4.69) is 0 Å². The molecule has 0 radical (unpaired) electrons. The molecule has 1 aromatic carbocycles. The molecule has 3 heteroatoms. The fourth-order valence-corrected chi connectivity index (χ4v) is 1.99. The van der Waals surface area contributed by atoms with Crippen molar-refractivity contribution in [1.82, 2.24) is 0 Å². The van der Waals surface area contributed by atoms with E-state index in [0.29, 0.717) is 18.3 Å². The molecule has 0 N–H and O–H groups in total. The first-order chi connectivity index (χ1) is 9.11. The standard InChI is InChI=1S/C16H22O3/c1-4-18-16(11(2)3)15(17)12-5-7-13(8-6-12)19-14-9-10-14/h5-8,11,14,16H,4,9-10H2,1-3H3. The number of Topliss-reactive ketones (excluding diaryl/α,β-unsaturated/α-hetero) is 1. The van der Waals surface area contributed by atoms with Gasteiger partial charge in [0.05, 0.1) is 6.10 Å². The number of hydrogen-bond acceptors (Lipinski definition) is 3. The van der Waals surface area contributed by atoms with Crippen molar-refractivity contribution < 1.29 is 14.3 Å². The molecule has 0 aliphatic heterocycles. The number of hydrogen-bond donors (Lipinski definition) is 0. The highest BCUT2D eigenvalue weighted by Crippen LogP contribution is 2.27. The molecule has 0 bridgehead atoms. The van der Waals surface area contributed by atoms with Crippen LogP contribution in [0.25, 0.3) is 0 Å². The summed E-state index contributed by atoms with van der Waals surface area (Å²) in [6.07, 6.45) is 2.30. The smallest absolute Gasteiger partial charge is 0.191 e. The fourth-order valence-electron chi connectivity index (χ4n) is 1.99. The van der Waals surface area contributed by atoms with Gasteiger partial charge in [0.1, 0.15) is 11.9 Å². The van der Waals surface area contributed by atoms with Gasteiger partial charge in [-0.1, -0.05) is 13.8 Å². The molecule has 1 saturated carbocycles. The number of ether oxygens (including phenoxy) is 2. The van der Waals surface area contributed by atoms with Crippen LogP contribution in [0.3, 0.4) is 0 Å². The van der Waals surface area contributed by atoms with Gasteiger partial charge >= 0.3 is 0 Å². The van der Waals surface area contributed by atoms with Gasteiger partial charge in [-0.15, -0.1) is 0 Å². The Balaban J connectivity index is 2.04. The summed E-state index contributed by atoms with van der Waals surface area (Å²) in [5.41, 5.74) is 0.690. The highest BCUT2D eigenvalue weighted by atomic mass is 16.5. The first kappa shape index (κ1) is 14.1. The van der Waals surface area contributed by atoms with Gasteiger partial charge in [0, 0.05) is 12.2 Å². The molecule has 19 heavy (non-hydrogen) atoms. The highest BCUT2D eigenvalue weighted by Gasteiger charge is 2.25. The van der Waals surface area contributed by atoms with Crippen molar-refractivity contribution >= 4 is 5.78 Å². The van der Waals surface area contributed by atoms with Crippen LogP contribution in [0.2, 0.25) is 0 Å². The molecule has 1 aromatic rings. The third-order valence-corrected chi connectivity index (χ3v) is 3.18. The maximum absolute atomic E-state index is 12.4. The van der Waals surface area contributed by atoms with E-state index < -0.39 is 0 Å². The summed E-state index contributed by atoms with van der Waals surface area (Å²) in [6.45, 7) is 6.47. The second-order valence-corrected chi connectivity index (χ2v) is 5.33. The minimum absolute atomic E-state index is 0.0508. The maximum atomic E-state index is 12.4. The summed E-state index contributed by atoms with van der Waals surface area (Å²) in [6, 6.07) is 7.40. The van der Waals surface area contributed by atoms with Gasteiger partial charge < -0.3 is 9.47 Å². The molecule has 1 aliphatic rings. The van der Waals surface area contributed by atoms with Crippen molar-refractivity contribution in [2.75, 3.05) is 6.61 Å². The summed E-state index contributed by atoms with van der Waals surface area (Å²) >= 11 is 0. The summed E-state index contributed by atoms with van der Waals surface area (Å²) < 4.78 is 11.2. The Hall–Kier alpha value is -1.35. The van der Waals surface area contributed by atoms with Crippen LogP contribution in [-0.2, 0) is 4.74 Å². The van der Waals surface area contributed by atoms with Gasteiger partial charge in [0.2, 0.25) is 0 Å². The number of ketones is 1. The summed E-state index contributed by atoms with van der Waals surface area (Å²) in [5, 5.41) is 0. The number of carbonyl (C=O) groups excluding carboxylic acids is 1. The van der Waals surface area contributed by atoms with E-state index >= 15 is 0 Å². The molecule has 0 spiro atoms. The molecular weight excluding hydrogens is 240 g/mol. The zero-order valence-electron chi connectivity index (χ0n) is 11.9. The van der Waals surface area contributed by atoms with E-state index in [1.54, 1.807) is 0 Å². The predicted octanol–water partition coefficient (Wildman–Crippen LogP) is 3.47. The lowest BCUT2D eigenvalue weighted by molar-refractivity contribution is 0.0279. The Morgan fingerprint density at radius 1 is 1.26 bits per heavy atom. The summed E-state index contributed by atoms with van der Waals surface area (Å²) in [7, 11) is 0. The second-order valence-electron chi connectivity index (χ2n) is 5.33. The van der Waals surface area contributed by atoms with Crippen LogP contribution in [0.15, 0.2) is 24.3 Å². The molecule has 1 atom stereocenters. The summed E-state index contributed by atoms with van der Waals surface area (Å²) in [4.78, 5) is 12.4. The quantitative estimate of drug-likeness (QED) is 0.706. The van der Waals surface area contributed by atoms with Crippen molar-refractivity contribution in [3.63, 3.8) is 0 Å². The van der Waals surface area contributed by atoms with Crippen LogP contribution in [0.4, 0.5) is 0 Å². The zero-order chi connectivity index (χ0) is 13.8. The van der Waals surface area contributed by atoms with Gasteiger partial charge in [-0.25, -0.2) is 0 Å². The van der Waals surface area contributed by atoms with Crippen molar-refractivity contribution in [3.8, 4) is 5.75 Å². The third kappa shape index (κ3) is 3.80. The van der Waals surface area contributed by atoms with Crippen molar-refractivity contribution in [3.05, 3.63) is 29.8 Å². The number of rotatable bonds is 7. The molecular formula is C16H22O3. The Bertz CT molecular complexity index is 418. The van der Waals surface area contributed by atoms with Crippen LogP contribution in [0.1, 0.15) is 44.0 Å². The predicted molar refractivity (Wildman–Crippen MR) is 74.7 cm³/mol. The van der Waals surface area contributed by atoms with E-state index in [-0.39, 0.29) is 17.8 Å². The molecule has 0 aromatic heterocycles. The van der Waals surface area contributed by atoms with Gasteiger partial charge in [-0.05, 0) is 49.9 Å². The summed E-state index contributed by atoms with van der Waals surface area (Å²) in [5.74, 6) is 1.07. The molecule has 3 nitrogen and oxygen atoms in total. The Kier molecular flexibility index (Phi) is 4.59. The molecule has 0 amide bonds. The van der Waals surface area contributed by atoms with E-state index in [9.17, 15) is 4.79 Å². The number of benzene rings is 1. The Labute approximate surface area is 114 Å². The van der Waals surface area contributed by atoms with Crippen molar-refractivity contribution in [1.29, 1.82) is 0 Å². The topological polar surface area (TPSA) is 35.5 Å². The molecule has 1 aliphatic carbocycles. The van der Waals surface area contributed by atoms with Crippen LogP contribution >= 0.6 is 0 Å². The van der Waals surface area contributed by atoms with E-state index in [1.807, 2.05) is 45.0 Å². The van der Waals surface area contributed by atoms with Gasteiger partial charge in [-0.3, -0.25) is 4.79 Å². The zero-order valence-corrected chi connectivity index (χ0v) is 11.9. The van der Waals surface area contributed by atoms with Crippen LogP contribution < -0.4 is 4.74 Å². The van der Waals surface area contributed by atoms with E-state index in [4.69, 9.17) is 9.47 Å². The number of carbonyl (C=O) groups is 1. The van der Waals surface area contributed by atoms with Crippen molar-refractivity contribution in [2.24, 2.45) is 5.92 Å². The monoisotopic (exact) mass is 262 g/mol. The largest absolute Gasteiger partial charge is 0.490 e. The minimum atomic E-state index is -0.361. The first-order valence-electron chi connectivity index (χ1n) is 7.04. The molecule has 104 valence electrons. The molecule has 0 saturated heterocycles. The second kappa shape index (κ2) is 6.20. The highest BCUT2D eigenvalue weighted by molar-refractivity contribution is 5.99. The fraction of sp³-hybridized carbons (Fsp3) is 0.562. The lowest BCUT2D eigenvalue weighted by Gasteiger charge is -2.19. The first-order valence-corrected chi connectivity index (χ1v) is 7.04. The van der Waals surface area contributed by atoms with Gasteiger partial charge in [-0.2, -0.15) is 0 Å². The molecule has 1 unspecified atom stereocenters. The average molecular weight is 262 g/mol. The maximum Gasteiger partial charge on any atom is 0.191 e. The van der Waals surface area contributed by atoms with Gasteiger partial charge in [0.25, 0.3) is 0 Å². The van der Waals surface area contributed by atoms with E-state index in [1.165, 1.54) is 0 Å². The minimum Gasteiger partial charge on any atom is -0.490 e. The van der Waals surface area contributed by atoms with Gasteiger partial charge in [0.15, 0.2) is 5.78 Å². The normalized spacial score (nSPS) is 16.4. The third-order valence-electron chi connectivity index (χ3n) is 3.18. The lowest BCUT2D eigenvalue weighted by Crippen LogP contribution is -2.29. The molecule has 1 fully saturated rings. The van der Waals surface area contributed by atoms with Crippen LogP contribution in [-0.4, -0.2) is 24.6 Å². The van der Waals surface area contributed by atoms with Crippen molar-refractivity contribution in [2.45, 2.75) is 45.8 Å². The average Bonchev–Trinajstić information content (AvgIpc) is 3.19. The molecule has 2 rings (SSSR count). The lowest BCUT2D eigenvalue weighted by atomic mass is 9.97. The molecule has 0 heterocycles. The van der Waals surface area contributed by atoms with E-state index in [0.717, 1.165) is 18.6 Å². The van der Waals surface area contributed by atoms with Crippen LogP contribution in [0, 0.1) is 5.92 Å². The SMILES string of the molecule is CCOC(C(=O)c1ccc(OC2CC2)cc1)C(C)C. The van der Waals surface area contributed by atoms with Crippen LogP contribution in [0.5, 0.6) is 5.75 Å². The Morgan fingerprint density at radius 3 is 2.37 bits per heavy atom.